The zero-order valence-electron chi connectivity index (χ0n) is 9.82. The highest BCUT2D eigenvalue weighted by Gasteiger charge is 2.35. The molecule has 2 heterocycles. The first-order valence-corrected chi connectivity index (χ1v) is 6.09. The van der Waals surface area contributed by atoms with E-state index in [1.165, 1.54) is 11.2 Å². The van der Waals surface area contributed by atoms with Gasteiger partial charge in [0.2, 0.25) is 0 Å². The monoisotopic (exact) mass is 275 g/mol. The van der Waals surface area contributed by atoms with E-state index in [0.29, 0.717) is 22.0 Å². The lowest BCUT2D eigenvalue weighted by Gasteiger charge is -2.20. The molecule has 1 unspecified atom stereocenters. The summed E-state index contributed by atoms with van der Waals surface area (Å²) in [7, 11) is 0. The van der Waals surface area contributed by atoms with E-state index in [1.54, 1.807) is 30.3 Å². The summed E-state index contributed by atoms with van der Waals surface area (Å²) in [6, 6.07) is 8.58. The lowest BCUT2D eigenvalue weighted by molar-refractivity contribution is 0.0132. The maximum Gasteiger partial charge on any atom is 0.256 e. The molecule has 1 aliphatic rings. The first kappa shape index (κ1) is 12.1. The molecule has 0 fully saturated rings. The van der Waals surface area contributed by atoms with E-state index in [0.717, 1.165) is 0 Å². The average Bonchev–Trinajstić information content (AvgIpc) is 2.65. The van der Waals surface area contributed by atoms with E-state index in [4.69, 9.17) is 11.6 Å². The molecule has 0 aliphatic carbocycles. The molecule has 0 saturated heterocycles. The number of amides is 1. The number of fused-ring (bicyclic) bond motifs is 1. The molecule has 1 aromatic heterocycles. The highest BCUT2D eigenvalue weighted by Crippen LogP contribution is 2.32. The molecule has 1 N–H and O–H groups in total. The molecule has 2 aromatic rings. The van der Waals surface area contributed by atoms with Gasteiger partial charge in [-0.3, -0.25) is 4.79 Å². The summed E-state index contributed by atoms with van der Waals surface area (Å²) < 4.78 is 0. The number of rotatable bonds is 2. The van der Waals surface area contributed by atoms with Crippen LogP contribution in [0.4, 0.5) is 0 Å². The second-order valence-electron chi connectivity index (χ2n) is 4.23. The van der Waals surface area contributed by atoms with Crippen molar-refractivity contribution in [3.05, 3.63) is 58.6 Å². The number of hydrogen-bond donors (Lipinski definition) is 1. The Morgan fingerprint density at radius 1 is 1.32 bits per heavy atom. The van der Waals surface area contributed by atoms with Crippen molar-refractivity contribution in [3.8, 4) is 0 Å². The molecule has 3 rings (SSSR count). The van der Waals surface area contributed by atoms with Crippen molar-refractivity contribution < 1.29 is 9.90 Å². The van der Waals surface area contributed by atoms with Crippen LogP contribution in [0.25, 0.3) is 0 Å². The van der Waals surface area contributed by atoms with Crippen LogP contribution in [-0.4, -0.2) is 25.9 Å². The van der Waals surface area contributed by atoms with Crippen molar-refractivity contribution in [2.45, 2.75) is 12.8 Å². The second-order valence-corrected chi connectivity index (χ2v) is 4.61. The third-order valence-electron chi connectivity index (χ3n) is 3.05. The highest BCUT2D eigenvalue weighted by atomic mass is 35.5. The van der Waals surface area contributed by atoms with Crippen molar-refractivity contribution in [1.29, 1.82) is 0 Å². The molecule has 96 valence electrons. The summed E-state index contributed by atoms with van der Waals surface area (Å²) in [4.78, 5) is 21.4. The number of aliphatic hydroxyl groups is 1. The van der Waals surface area contributed by atoms with E-state index >= 15 is 0 Å². The van der Waals surface area contributed by atoms with E-state index in [2.05, 4.69) is 9.97 Å². The fourth-order valence-corrected chi connectivity index (χ4v) is 2.31. The van der Waals surface area contributed by atoms with Crippen LogP contribution in [0.2, 0.25) is 5.15 Å². The van der Waals surface area contributed by atoms with Crippen LogP contribution in [0.3, 0.4) is 0 Å². The Bertz CT molecular complexity index is 647. The Morgan fingerprint density at radius 2 is 2.11 bits per heavy atom. The normalized spacial score (nSPS) is 17.7. The van der Waals surface area contributed by atoms with Gasteiger partial charge in [0.1, 0.15) is 11.5 Å². The van der Waals surface area contributed by atoms with Gasteiger partial charge in [-0.25, -0.2) is 9.97 Å². The lowest BCUT2D eigenvalue weighted by Crippen LogP contribution is -2.27. The fourth-order valence-electron chi connectivity index (χ4n) is 2.14. The molecule has 1 aliphatic heterocycles. The third kappa shape index (κ3) is 2.07. The minimum atomic E-state index is -0.947. The smallest absolute Gasteiger partial charge is 0.256 e. The van der Waals surface area contributed by atoms with E-state index in [-0.39, 0.29) is 12.5 Å². The van der Waals surface area contributed by atoms with Crippen LogP contribution in [0.5, 0.6) is 0 Å². The summed E-state index contributed by atoms with van der Waals surface area (Å²) in [5.74, 6) is -0.210. The summed E-state index contributed by atoms with van der Waals surface area (Å²) in [6.07, 6.45) is 0.384. The average molecular weight is 276 g/mol. The first-order valence-electron chi connectivity index (χ1n) is 5.71. The maximum absolute atomic E-state index is 12.2. The molecule has 6 heteroatoms. The number of aliphatic hydroxyl groups excluding tert-OH is 1. The Balaban J connectivity index is 1.90. The van der Waals surface area contributed by atoms with Gasteiger partial charge in [0, 0.05) is 11.1 Å². The van der Waals surface area contributed by atoms with Gasteiger partial charge in [0.15, 0.2) is 6.23 Å². The van der Waals surface area contributed by atoms with Crippen LogP contribution < -0.4 is 0 Å². The summed E-state index contributed by atoms with van der Waals surface area (Å²) in [5, 5.41) is 10.5. The molecular formula is C13H10ClN3O2. The fraction of sp³-hybridized carbons (Fsp3) is 0.154. The van der Waals surface area contributed by atoms with Crippen molar-refractivity contribution in [2.24, 2.45) is 0 Å². The van der Waals surface area contributed by atoms with Gasteiger partial charge in [-0.2, -0.15) is 0 Å². The van der Waals surface area contributed by atoms with Gasteiger partial charge < -0.3 is 10.0 Å². The third-order valence-corrected chi connectivity index (χ3v) is 3.25. The zero-order valence-corrected chi connectivity index (χ0v) is 10.6. The molecule has 1 amide bonds. The number of carbonyl (C=O) groups excluding carboxylic acids is 1. The van der Waals surface area contributed by atoms with E-state index < -0.39 is 6.23 Å². The van der Waals surface area contributed by atoms with Crippen molar-refractivity contribution in [2.75, 3.05) is 0 Å². The molecule has 1 aromatic carbocycles. The predicted octanol–water partition coefficient (Wildman–Crippen LogP) is 1.78. The largest absolute Gasteiger partial charge is 0.369 e. The molecule has 1 atom stereocenters. The molecule has 0 bridgehead atoms. The van der Waals surface area contributed by atoms with Crippen LogP contribution in [0, 0.1) is 0 Å². The molecule has 0 radical (unpaired) electrons. The standard InChI is InChI=1S/C13H10ClN3O2/c14-11-5-8(15-7-16-11)6-17-12(18)9-3-1-2-4-10(9)13(17)19/h1-5,7,12,18H,6H2. The quantitative estimate of drug-likeness (QED) is 0.849. The summed E-state index contributed by atoms with van der Waals surface area (Å²) >= 11 is 5.78. The molecule has 5 nitrogen and oxygen atoms in total. The second kappa shape index (κ2) is 4.60. The number of halogens is 1. The minimum Gasteiger partial charge on any atom is -0.369 e. The molecule has 19 heavy (non-hydrogen) atoms. The van der Waals surface area contributed by atoms with E-state index in [9.17, 15) is 9.90 Å². The van der Waals surface area contributed by atoms with E-state index in [1.807, 2.05) is 0 Å². The Hall–Kier alpha value is -1.98. The van der Waals surface area contributed by atoms with Gasteiger partial charge in [0.05, 0.1) is 12.2 Å². The molecule has 0 spiro atoms. The van der Waals surface area contributed by atoms with Crippen LogP contribution in [0.15, 0.2) is 36.7 Å². The Kier molecular flexibility index (Phi) is 2.93. The van der Waals surface area contributed by atoms with Crippen LogP contribution in [0.1, 0.15) is 27.8 Å². The number of hydrogen-bond acceptors (Lipinski definition) is 4. The van der Waals surface area contributed by atoms with Crippen LogP contribution >= 0.6 is 11.6 Å². The Labute approximate surface area is 114 Å². The Morgan fingerprint density at radius 3 is 2.84 bits per heavy atom. The van der Waals surface area contributed by atoms with Gasteiger partial charge in [-0.1, -0.05) is 29.8 Å². The van der Waals surface area contributed by atoms with Crippen molar-refractivity contribution in [1.82, 2.24) is 14.9 Å². The molecular weight excluding hydrogens is 266 g/mol. The number of benzene rings is 1. The number of nitrogens with zero attached hydrogens (tertiary/aromatic N) is 3. The molecule has 0 saturated carbocycles. The van der Waals surface area contributed by atoms with Gasteiger partial charge in [-0.15, -0.1) is 0 Å². The van der Waals surface area contributed by atoms with Crippen LogP contribution in [-0.2, 0) is 6.54 Å². The summed E-state index contributed by atoms with van der Waals surface area (Å²) in [6.45, 7) is 0.191. The van der Waals surface area contributed by atoms with Crippen molar-refractivity contribution >= 4 is 17.5 Å². The summed E-state index contributed by atoms with van der Waals surface area (Å²) in [5.41, 5.74) is 1.73. The first-order chi connectivity index (χ1) is 9.16. The van der Waals surface area contributed by atoms with Gasteiger partial charge in [0.25, 0.3) is 5.91 Å². The topological polar surface area (TPSA) is 66.3 Å². The van der Waals surface area contributed by atoms with Gasteiger partial charge >= 0.3 is 0 Å². The zero-order chi connectivity index (χ0) is 13.4. The minimum absolute atomic E-state index is 0.191. The maximum atomic E-state index is 12.2. The highest BCUT2D eigenvalue weighted by molar-refractivity contribution is 6.29. The SMILES string of the molecule is O=C1c2ccccc2C(O)N1Cc1cc(Cl)ncn1. The predicted molar refractivity (Wildman–Crippen MR) is 68.3 cm³/mol. The lowest BCUT2D eigenvalue weighted by atomic mass is 10.1. The van der Waals surface area contributed by atoms with Crippen molar-refractivity contribution in [3.63, 3.8) is 0 Å². The number of carbonyl (C=O) groups is 1. The van der Waals surface area contributed by atoms with Gasteiger partial charge in [-0.05, 0) is 12.1 Å². The number of aromatic nitrogens is 2.